The minimum atomic E-state index is -4.53. The molecule has 10 heteroatoms. The molecule has 0 amide bonds. The molecule has 0 bridgehead atoms. The van der Waals surface area contributed by atoms with E-state index < -0.39 is 16.7 Å². The van der Waals surface area contributed by atoms with Crippen LogP contribution in [0.2, 0.25) is 5.02 Å². The highest BCUT2D eigenvalue weighted by Crippen LogP contribution is 2.37. The monoisotopic (exact) mass is 374 g/mol. The minimum absolute atomic E-state index is 0.0295. The lowest BCUT2D eigenvalue weighted by atomic mass is 10.2. The average molecular weight is 375 g/mol. The van der Waals surface area contributed by atoms with Gasteiger partial charge < -0.3 is 9.57 Å². The Morgan fingerprint density at radius 2 is 1.96 bits per heavy atom. The zero-order chi connectivity index (χ0) is 18.6. The van der Waals surface area contributed by atoms with Crippen molar-refractivity contribution in [1.82, 2.24) is 0 Å². The zero-order valence-electron chi connectivity index (χ0n) is 12.6. The van der Waals surface area contributed by atoms with E-state index in [1.165, 1.54) is 25.3 Å². The smallest absolute Gasteiger partial charge is 0.416 e. The molecule has 2 aromatic carbocycles. The highest BCUT2D eigenvalue weighted by molar-refractivity contribution is 6.32. The van der Waals surface area contributed by atoms with Gasteiger partial charge in [0, 0.05) is 6.07 Å². The van der Waals surface area contributed by atoms with E-state index in [0.29, 0.717) is 0 Å². The molecule has 0 unspecified atom stereocenters. The van der Waals surface area contributed by atoms with Crippen molar-refractivity contribution in [3.63, 3.8) is 0 Å². The number of ether oxygens (including phenoxy) is 1. The number of hydrogen-bond acceptors (Lipinski definition) is 5. The van der Waals surface area contributed by atoms with Crippen LogP contribution in [0.3, 0.4) is 0 Å². The Morgan fingerprint density at radius 3 is 2.52 bits per heavy atom. The Labute approximate surface area is 144 Å². The second kappa shape index (κ2) is 7.39. The summed E-state index contributed by atoms with van der Waals surface area (Å²) in [6, 6.07) is 6.36. The molecule has 0 aromatic heterocycles. The van der Waals surface area contributed by atoms with Gasteiger partial charge >= 0.3 is 6.18 Å². The van der Waals surface area contributed by atoms with E-state index in [0.717, 1.165) is 24.4 Å². The average Bonchev–Trinajstić information content (AvgIpc) is 2.53. The fraction of sp³-hybridized carbons (Fsp3) is 0.133. The van der Waals surface area contributed by atoms with E-state index in [1.54, 1.807) is 0 Å². The third kappa shape index (κ3) is 4.60. The van der Waals surface area contributed by atoms with Gasteiger partial charge in [0.25, 0.3) is 5.69 Å². The summed E-state index contributed by atoms with van der Waals surface area (Å²) in [6.07, 6.45) is -3.42. The fourth-order valence-corrected chi connectivity index (χ4v) is 2.08. The Morgan fingerprint density at radius 1 is 1.24 bits per heavy atom. The molecule has 0 heterocycles. The first-order valence-corrected chi connectivity index (χ1v) is 6.99. The summed E-state index contributed by atoms with van der Waals surface area (Å²) < 4.78 is 43.3. The third-order valence-corrected chi connectivity index (χ3v) is 3.28. The molecule has 0 aliphatic carbocycles. The third-order valence-electron chi connectivity index (χ3n) is 2.98. The van der Waals surface area contributed by atoms with E-state index in [1.807, 2.05) is 0 Å². The molecule has 2 rings (SSSR count). The summed E-state index contributed by atoms with van der Waals surface area (Å²) in [6.45, 7) is 0. The summed E-state index contributed by atoms with van der Waals surface area (Å²) >= 11 is 5.81. The predicted octanol–water partition coefficient (Wildman–Crippen LogP) is 5.04. The quantitative estimate of drug-likeness (QED) is 0.417. The lowest BCUT2D eigenvalue weighted by Gasteiger charge is -2.11. The first kappa shape index (κ1) is 18.5. The molecule has 0 fully saturated rings. The molecule has 0 saturated heterocycles. The van der Waals surface area contributed by atoms with Crippen LogP contribution in [-0.2, 0) is 11.0 Å². The van der Waals surface area contributed by atoms with Crippen LogP contribution in [0, 0.1) is 10.1 Å². The number of benzene rings is 2. The number of halogens is 4. The van der Waals surface area contributed by atoms with Crippen LogP contribution in [0.25, 0.3) is 0 Å². The summed E-state index contributed by atoms with van der Waals surface area (Å²) in [5.41, 5.74) is -1.07. The van der Waals surface area contributed by atoms with E-state index >= 15 is 0 Å². The highest BCUT2D eigenvalue weighted by atomic mass is 35.5. The number of rotatable bonds is 5. The van der Waals surface area contributed by atoms with Crippen LogP contribution < -0.4 is 4.74 Å². The van der Waals surface area contributed by atoms with Gasteiger partial charge in [-0.05, 0) is 30.3 Å². The lowest BCUT2D eigenvalue weighted by Crippen LogP contribution is -2.04. The molecule has 132 valence electrons. The van der Waals surface area contributed by atoms with Crippen molar-refractivity contribution in [1.29, 1.82) is 0 Å². The number of oxime groups is 1. The standard InChI is InChI=1S/C15H10ClF3N2O4/c1-24-20-8-9-6-11(3-4-13(9)21(22)23)25-14-5-2-10(7-12(14)16)15(17,18)19/h2-8H,1H3. The number of alkyl halides is 3. The Balaban J connectivity index is 2.34. The fourth-order valence-electron chi connectivity index (χ4n) is 1.86. The van der Waals surface area contributed by atoms with Crippen LogP contribution in [0.1, 0.15) is 11.1 Å². The molecule has 0 spiro atoms. The SMILES string of the molecule is CON=Cc1cc(Oc2ccc(C(F)(F)F)cc2Cl)ccc1[N+](=O)[O-]. The summed E-state index contributed by atoms with van der Waals surface area (Å²) in [7, 11) is 1.27. The zero-order valence-corrected chi connectivity index (χ0v) is 13.3. The van der Waals surface area contributed by atoms with Crippen LogP contribution in [0.15, 0.2) is 41.6 Å². The van der Waals surface area contributed by atoms with Gasteiger partial charge in [0.15, 0.2) is 0 Å². The van der Waals surface area contributed by atoms with Crippen molar-refractivity contribution in [3.05, 3.63) is 62.7 Å². The maximum absolute atomic E-state index is 12.6. The van der Waals surface area contributed by atoms with Crippen molar-refractivity contribution < 1.29 is 27.7 Å². The Kier molecular flexibility index (Phi) is 5.48. The van der Waals surface area contributed by atoms with E-state index in [2.05, 4.69) is 9.99 Å². The molecule has 0 N–H and O–H groups in total. The largest absolute Gasteiger partial charge is 0.456 e. The van der Waals surface area contributed by atoms with Crippen LogP contribution in [0.4, 0.5) is 18.9 Å². The number of hydrogen-bond donors (Lipinski definition) is 0. The maximum Gasteiger partial charge on any atom is 0.416 e. The molecule has 6 nitrogen and oxygen atoms in total. The molecular weight excluding hydrogens is 365 g/mol. The van der Waals surface area contributed by atoms with Gasteiger partial charge in [-0.25, -0.2) is 0 Å². The van der Waals surface area contributed by atoms with Crippen molar-refractivity contribution >= 4 is 23.5 Å². The normalized spacial score (nSPS) is 11.6. The topological polar surface area (TPSA) is 74.0 Å². The minimum Gasteiger partial charge on any atom is -0.456 e. The van der Waals surface area contributed by atoms with Gasteiger partial charge in [-0.2, -0.15) is 13.2 Å². The van der Waals surface area contributed by atoms with Crippen molar-refractivity contribution in [2.24, 2.45) is 5.16 Å². The van der Waals surface area contributed by atoms with Gasteiger partial charge in [-0.1, -0.05) is 16.8 Å². The Hall–Kier alpha value is -2.81. The summed E-state index contributed by atoms with van der Waals surface area (Å²) in [5, 5.41) is 14.2. The van der Waals surface area contributed by atoms with Gasteiger partial charge in [0.2, 0.25) is 0 Å². The van der Waals surface area contributed by atoms with Crippen molar-refractivity contribution in [3.8, 4) is 11.5 Å². The Bertz CT molecular complexity index is 825. The maximum atomic E-state index is 12.6. The number of nitro groups is 1. The van der Waals surface area contributed by atoms with Gasteiger partial charge in [0.05, 0.1) is 27.3 Å². The molecule has 25 heavy (non-hydrogen) atoms. The molecule has 0 aliphatic rings. The van der Waals surface area contributed by atoms with Crippen LogP contribution in [0.5, 0.6) is 11.5 Å². The molecule has 0 saturated carbocycles. The van der Waals surface area contributed by atoms with Crippen molar-refractivity contribution in [2.45, 2.75) is 6.18 Å². The van der Waals surface area contributed by atoms with Crippen LogP contribution in [-0.4, -0.2) is 18.2 Å². The van der Waals surface area contributed by atoms with E-state index in [9.17, 15) is 23.3 Å². The van der Waals surface area contributed by atoms with Crippen LogP contribution >= 0.6 is 11.6 Å². The lowest BCUT2D eigenvalue weighted by molar-refractivity contribution is -0.385. The van der Waals surface area contributed by atoms with Gasteiger partial charge in [0.1, 0.15) is 18.6 Å². The second-order valence-corrected chi connectivity index (χ2v) is 5.05. The second-order valence-electron chi connectivity index (χ2n) is 4.64. The molecule has 0 aliphatic heterocycles. The molecule has 2 aromatic rings. The number of nitrogens with zero attached hydrogens (tertiary/aromatic N) is 2. The van der Waals surface area contributed by atoms with E-state index in [4.69, 9.17) is 16.3 Å². The number of nitro benzene ring substituents is 1. The van der Waals surface area contributed by atoms with Gasteiger partial charge in [-0.3, -0.25) is 10.1 Å². The van der Waals surface area contributed by atoms with Gasteiger partial charge in [-0.15, -0.1) is 0 Å². The summed E-state index contributed by atoms with van der Waals surface area (Å²) in [5.74, 6) is 0.1000. The summed E-state index contributed by atoms with van der Waals surface area (Å²) in [4.78, 5) is 14.8. The van der Waals surface area contributed by atoms with Crippen molar-refractivity contribution in [2.75, 3.05) is 7.11 Å². The first-order valence-electron chi connectivity index (χ1n) is 6.62. The first-order chi connectivity index (χ1) is 11.7. The van der Waals surface area contributed by atoms with E-state index in [-0.39, 0.29) is 27.8 Å². The molecular formula is C15H10ClF3N2O4. The molecule has 0 radical (unpaired) electrons. The molecule has 0 atom stereocenters. The predicted molar refractivity (Wildman–Crippen MR) is 84.2 cm³/mol. The highest BCUT2D eigenvalue weighted by Gasteiger charge is 2.31.